The Labute approximate surface area is 141 Å². The van der Waals surface area contributed by atoms with Gasteiger partial charge in [-0.2, -0.15) is 8.42 Å². The van der Waals surface area contributed by atoms with Crippen LogP contribution in [0.2, 0.25) is 0 Å². The molecule has 1 atom stereocenters. The lowest BCUT2D eigenvalue weighted by molar-refractivity contribution is -0.155. The van der Waals surface area contributed by atoms with Gasteiger partial charge in [0, 0.05) is 0 Å². The molecule has 24 heavy (non-hydrogen) atoms. The number of carbonyl (C=O) groups excluding carboxylic acids is 1. The highest BCUT2D eigenvalue weighted by Gasteiger charge is 2.22. The minimum Gasteiger partial charge on any atom is -0.467 e. The number of ether oxygens (including phenoxy) is 2. The number of methoxy groups -OCH3 is 1. The zero-order valence-electron chi connectivity index (χ0n) is 13.3. The van der Waals surface area contributed by atoms with Gasteiger partial charge in [-0.1, -0.05) is 42.5 Å². The summed E-state index contributed by atoms with van der Waals surface area (Å²) in [6.45, 7) is 0.238. The molecule has 1 unspecified atom stereocenters. The highest BCUT2D eigenvalue weighted by atomic mass is 32.2. The van der Waals surface area contributed by atoms with E-state index < -0.39 is 22.2 Å². The number of esters is 1. The molecular formula is C17H18O6S. The molecule has 0 amide bonds. The topological polar surface area (TPSA) is 78.9 Å². The monoisotopic (exact) mass is 350 g/mol. The van der Waals surface area contributed by atoms with Crippen molar-refractivity contribution >= 4 is 16.1 Å². The van der Waals surface area contributed by atoms with Crippen LogP contribution in [-0.4, -0.2) is 27.8 Å². The third-order valence-corrected chi connectivity index (χ3v) is 3.60. The first kappa shape index (κ1) is 18.0. The van der Waals surface area contributed by atoms with E-state index in [0.717, 1.165) is 11.8 Å². The summed E-state index contributed by atoms with van der Waals surface area (Å²) in [6.07, 6.45) is 0.0451. The van der Waals surface area contributed by atoms with Crippen LogP contribution in [0, 0.1) is 0 Å². The van der Waals surface area contributed by atoms with Crippen molar-refractivity contribution in [3.05, 3.63) is 65.7 Å². The molecule has 2 aromatic rings. The predicted molar refractivity (Wildman–Crippen MR) is 87.9 cm³/mol. The summed E-state index contributed by atoms with van der Waals surface area (Å²) in [6, 6.07) is 15.5. The number of benzene rings is 2. The standard InChI is InChI=1S/C17H18O6S/c1-21-17(18)16(22-12-13-6-4-3-5-7-13)14-8-10-15(11-9-14)23-24(2,19)20/h3-11,16H,12H2,1-2H3. The fourth-order valence-corrected chi connectivity index (χ4v) is 2.49. The van der Waals surface area contributed by atoms with Crippen molar-refractivity contribution in [2.75, 3.05) is 13.4 Å². The van der Waals surface area contributed by atoms with Gasteiger partial charge in [-0.15, -0.1) is 0 Å². The van der Waals surface area contributed by atoms with Crippen molar-refractivity contribution in [2.24, 2.45) is 0 Å². The highest BCUT2D eigenvalue weighted by Crippen LogP contribution is 2.24. The molecule has 0 N–H and O–H groups in total. The van der Waals surface area contributed by atoms with Gasteiger partial charge in [0.2, 0.25) is 0 Å². The smallest absolute Gasteiger partial charge is 0.339 e. The van der Waals surface area contributed by atoms with Crippen LogP contribution in [0.3, 0.4) is 0 Å². The van der Waals surface area contributed by atoms with Crippen molar-refractivity contribution in [1.82, 2.24) is 0 Å². The minimum absolute atomic E-state index is 0.160. The Bertz CT molecular complexity index is 768. The molecule has 7 heteroatoms. The predicted octanol–water partition coefficient (Wildman–Crippen LogP) is 2.46. The average molecular weight is 350 g/mol. The molecule has 0 aliphatic heterocycles. The quantitative estimate of drug-likeness (QED) is 0.564. The van der Waals surface area contributed by atoms with E-state index in [0.29, 0.717) is 5.56 Å². The molecule has 0 aromatic heterocycles. The lowest BCUT2D eigenvalue weighted by atomic mass is 10.1. The largest absolute Gasteiger partial charge is 0.467 e. The summed E-state index contributed by atoms with van der Waals surface area (Å²) < 4.78 is 37.4. The van der Waals surface area contributed by atoms with Crippen LogP contribution in [0.15, 0.2) is 54.6 Å². The fourth-order valence-electron chi connectivity index (χ4n) is 2.03. The Hall–Kier alpha value is -2.38. The van der Waals surface area contributed by atoms with E-state index >= 15 is 0 Å². The van der Waals surface area contributed by atoms with Crippen LogP contribution in [0.4, 0.5) is 0 Å². The molecule has 0 aliphatic carbocycles. The van der Waals surface area contributed by atoms with E-state index in [2.05, 4.69) is 0 Å². The van der Waals surface area contributed by atoms with Crippen LogP contribution in [0.1, 0.15) is 17.2 Å². The van der Waals surface area contributed by atoms with Crippen molar-refractivity contribution in [3.63, 3.8) is 0 Å². The highest BCUT2D eigenvalue weighted by molar-refractivity contribution is 7.86. The Balaban J connectivity index is 2.14. The van der Waals surface area contributed by atoms with Crippen LogP contribution < -0.4 is 4.18 Å². The summed E-state index contributed by atoms with van der Waals surface area (Å²) in [4.78, 5) is 12.0. The van der Waals surface area contributed by atoms with Crippen LogP contribution in [0.5, 0.6) is 5.75 Å². The number of hydrogen-bond donors (Lipinski definition) is 0. The number of rotatable bonds is 7. The van der Waals surface area contributed by atoms with Crippen LogP contribution in [-0.2, 0) is 31.0 Å². The molecular weight excluding hydrogens is 332 g/mol. The van der Waals surface area contributed by atoms with Crippen molar-refractivity contribution in [3.8, 4) is 5.75 Å². The molecule has 0 spiro atoms. The van der Waals surface area contributed by atoms with Gasteiger partial charge < -0.3 is 13.7 Å². The summed E-state index contributed by atoms with van der Waals surface area (Å²) in [5.41, 5.74) is 1.46. The zero-order valence-corrected chi connectivity index (χ0v) is 14.2. The van der Waals surface area contributed by atoms with Gasteiger partial charge in [0.25, 0.3) is 0 Å². The Morgan fingerprint density at radius 3 is 2.21 bits per heavy atom. The lowest BCUT2D eigenvalue weighted by Crippen LogP contribution is -2.17. The second-order valence-electron chi connectivity index (χ2n) is 5.06. The lowest BCUT2D eigenvalue weighted by Gasteiger charge is -2.16. The molecule has 128 valence electrons. The van der Waals surface area contributed by atoms with E-state index in [9.17, 15) is 13.2 Å². The molecule has 0 radical (unpaired) electrons. The maximum Gasteiger partial charge on any atom is 0.339 e. The molecule has 0 aliphatic rings. The Morgan fingerprint density at radius 2 is 1.67 bits per heavy atom. The molecule has 0 saturated carbocycles. The van der Waals surface area contributed by atoms with E-state index in [-0.39, 0.29) is 12.4 Å². The molecule has 6 nitrogen and oxygen atoms in total. The molecule has 0 fully saturated rings. The van der Waals surface area contributed by atoms with Gasteiger partial charge in [0.1, 0.15) is 5.75 Å². The van der Waals surface area contributed by atoms with Gasteiger partial charge in [-0.3, -0.25) is 0 Å². The zero-order chi connectivity index (χ0) is 17.6. The fraction of sp³-hybridized carbons (Fsp3) is 0.235. The van der Waals surface area contributed by atoms with E-state index in [4.69, 9.17) is 13.7 Å². The van der Waals surface area contributed by atoms with Crippen molar-refractivity contribution in [1.29, 1.82) is 0 Å². The summed E-state index contributed by atoms with van der Waals surface area (Å²) in [5.74, 6) is -0.379. The molecule has 2 aromatic carbocycles. The van der Waals surface area contributed by atoms with Gasteiger partial charge in [0.05, 0.1) is 20.0 Å². The summed E-state index contributed by atoms with van der Waals surface area (Å²) in [7, 11) is -2.32. The van der Waals surface area contributed by atoms with E-state index in [1.807, 2.05) is 30.3 Å². The maximum absolute atomic E-state index is 12.0. The Morgan fingerprint density at radius 1 is 1.04 bits per heavy atom. The molecule has 0 heterocycles. The van der Waals surface area contributed by atoms with Crippen molar-refractivity contribution in [2.45, 2.75) is 12.7 Å². The molecule has 0 saturated heterocycles. The first-order valence-corrected chi connectivity index (χ1v) is 8.93. The second-order valence-corrected chi connectivity index (χ2v) is 6.63. The third-order valence-electron chi connectivity index (χ3n) is 3.11. The van der Waals surface area contributed by atoms with Crippen LogP contribution >= 0.6 is 0 Å². The van der Waals surface area contributed by atoms with Crippen molar-refractivity contribution < 1.29 is 26.9 Å². The SMILES string of the molecule is COC(=O)C(OCc1ccccc1)c1ccc(OS(C)(=O)=O)cc1. The van der Waals surface area contributed by atoms with E-state index in [1.54, 1.807) is 12.1 Å². The molecule has 2 rings (SSSR count). The Kier molecular flexibility index (Phi) is 5.94. The average Bonchev–Trinajstić information content (AvgIpc) is 2.55. The number of hydrogen-bond acceptors (Lipinski definition) is 6. The second kappa shape index (κ2) is 7.94. The van der Waals surface area contributed by atoms with Gasteiger partial charge in [0.15, 0.2) is 6.10 Å². The first-order valence-electron chi connectivity index (χ1n) is 7.12. The van der Waals surface area contributed by atoms with Gasteiger partial charge in [-0.05, 0) is 23.3 Å². The number of carbonyl (C=O) groups is 1. The summed E-state index contributed by atoms with van der Waals surface area (Å²) in [5, 5.41) is 0. The first-order chi connectivity index (χ1) is 11.4. The normalized spacial score (nSPS) is 12.4. The van der Waals surface area contributed by atoms with Crippen LogP contribution in [0.25, 0.3) is 0 Å². The summed E-state index contributed by atoms with van der Waals surface area (Å²) >= 11 is 0. The third kappa shape index (κ3) is 5.36. The maximum atomic E-state index is 12.0. The van der Waals surface area contributed by atoms with Gasteiger partial charge in [-0.25, -0.2) is 4.79 Å². The minimum atomic E-state index is -3.60. The van der Waals surface area contributed by atoms with Gasteiger partial charge >= 0.3 is 16.1 Å². The van der Waals surface area contributed by atoms with E-state index in [1.165, 1.54) is 19.2 Å². The molecule has 0 bridgehead atoms.